The van der Waals surface area contributed by atoms with E-state index in [1.54, 1.807) is 0 Å². The molecule has 1 saturated carbocycles. The van der Waals surface area contributed by atoms with Crippen molar-refractivity contribution in [3.8, 4) is 0 Å². The van der Waals surface area contributed by atoms with Gasteiger partial charge >= 0.3 is 5.97 Å². The molecule has 1 saturated heterocycles. The van der Waals surface area contributed by atoms with E-state index in [9.17, 15) is 9.90 Å². The van der Waals surface area contributed by atoms with E-state index in [-0.39, 0.29) is 0 Å². The zero-order valence-electron chi connectivity index (χ0n) is 11.7. The van der Waals surface area contributed by atoms with Gasteiger partial charge in [-0.2, -0.15) is 5.10 Å². The van der Waals surface area contributed by atoms with Crippen LogP contribution in [0.25, 0.3) is 0 Å². The molecule has 0 radical (unpaired) electrons. The van der Waals surface area contributed by atoms with Gasteiger partial charge in [0.05, 0.1) is 11.7 Å². The summed E-state index contributed by atoms with van der Waals surface area (Å²) < 4.78 is 2.07. The second-order valence-corrected chi connectivity index (χ2v) is 5.75. The minimum absolute atomic E-state index is 0.444. The van der Waals surface area contributed by atoms with E-state index < -0.39 is 12.0 Å². The van der Waals surface area contributed by atoms with Gasteiger partial charge in [0.1, 0.15) is 6.04 Å². The number of nitrogens with zero attached hydrogens (tertiary/aromatic N) is 3. The third-order valence-electron chi connectivity index (χ3n) is 4.37. The van der Waals surface area contributed by atoms with Gasteiger partial charge < -0.3 is 10.4 Å². The first kappa shape index (κ1) is 13.6. The standard InChI is InChI=1S/C14H22N4O2/c19-14(20)13-9-15-6-8-17(13)10-11-5-7-18(16-11)12-3-1-2-4-12/h5,7,12-13,15H,1-4,6,8-10H2,(H,19,20). The molecule has 1 aromatic rings. The van der Waals surface area contributed by atoms with Crippen molar-refractivity contribution in [2.75, 3.05) is 19.6 Å². The van der Waals surface area contributed by atoms with Gasteiger partial charge in [0.25, 0.3) is 0 Å². The van der Waals surface area contributed by atoms with Crippen molar-refractivity contribution in [3.63, 3.8) is 0 Å². The summed E-state index contributed by atoms with van der Waals surface area (Å²) in [6.07, 6.45) is 7.06. The Labute approximate surface area is 118 Å². The molecule has 1 aliphatic carbocycles. The summed E-state index contributed by atoms with van der Waals surface area (Å²) in [5.41, 5.74) is 0.977. The maximum Gasteiger partial charge on any atom is 0.322 e. The molecule has 0 aromatic carbocycles. The second-order valence-electron chi connectivity index (χ2n) is 5.75. The molecule has 110 valence electrons. The highest BCUT2D eigenvalue weighted by Crippen LogP contribution is 2.28. The predicted octanol–water partition coefficient (Wildman–Crippen LogP) is 0.857. The maximum absolute atomic E-state index is 11.3. The van der Waals surface area contributed by atoms with Crippen LogP contribution in [-0.2, 0) is 11.3 Å². The SMILES string of the molecule is O=C(O)C1CNCCN1Cc1ccn(C2CCCC2)n1. The highest BCUT2D eigenvalue weighted by atomic mass is 16.4. The average molecular weight is 278 g/mol. The number of rotatable bonds is 4. The van der Waals surface area contributed by atoms with Crippen LogP contribution < -0.4 is 5.32 Å². The number of carboxylic acid groups (broad SMARTS) is 1. The molecule has 0 spiro atoms. The minimum atomic E-state index is -0.757. The molecule has 6 nitrogen and oxygen atoms in total. The first-order chi connectivity index (χ1) is 9.74. The van der Waals surface area contributed by atoms with Crippen LogP contribution in [0, 0.1) is 0 Å². The van der Waals surface area contributed by atoms with E-state index in [4.69, 9.17) is 0 Å². The molecule has 20 heavy (non-hydrogen) atoms. The number of hydrogen-bond donors (Lipinski definition) is 2. The Kier molecular flexibility index (Phi) is 4.03. The van der Waals surface area contributed by atoms with E-state index >= 15 is 0 Å². The van der Waals surface area contributed by atoms with Gasteiger partial charge in [0.2, 0.25) is 0 Å². The van der Waals surface area contributed by atoms with Crippen molar-refractivity contribution in [2.45, 2.75) is 44.3 Å². The molecule has 0 bridgehead atoms. The molecular weight excluding hydrogens is 256 g/mol. The van der Waals surface area contributed by atoms with Gasteiger partial charge in [-0.1, -0.05) is 12.8 Å². The number of hydrogen-bond acceptors (Lipinski definition) is 4. The molecular formula is C14H22N4O2. The third-order valence-corrected chi connectivity index (χ3v) is 4.37. The summed E-state index contributed by atoms with van der Waals surface area (Å²) in [5.74, 6) is -0.757. The predicted molar refractivity (Wildman–Crippen MR) is 74.4 cm³/mol. The van der Waals surface area contributed by atoms with Crippen LogP contribution in [0.4, 0.5) is 0 Å². The number of aromatic nitrogens is 2. The highest BCUT2D eigenvalue weighted by Gasteiger charge is 2.28. The monoisotopic (exact) mass is 278 g/mol. The Morgan fingerprint density at radius 3 is 3.00 bits per heavy atom. The number of carboxylic acids is 1. The minimum Gasteiger partial charge on any atom is -0.480 e. The van der Waals surface area contributed by atoms with Gasteiger partial charge in [-0.25, -0.2) is 0 Å². The lowest BCUT2D eigenvalue weighted by atomic mass is 10.2. The fourth-order valence-electron chi connectivity index (χ4n) is 3.22. The van der Waals surface area contributed by atoms with Crippen LogP contribution in [0.3, 0.4) is 0 Å². The van der Waals surface area contributed by atoms with Crippen molar-refractivity contribution in [1.82, 2.24) is 20.0 Å². The molecule has 2 fully saturated rings. The zero-order valence-corrected chi connectivity index (χ0v) is 11.7. The van der Waals surface area contributed by atoms with Crippen LogP contribution in [-0.4, -0.2) is 51.4 Å². The number of piperazine rings is 1. The van der Waals surface area contributed by atoms with Gasteiger partial charge in [0.15, 0.2) is 0 Å². The molecule has 1 aromatic heterocycles. The largest absolute Gasteiger partial charge is 0.480 e. The number of carbonyl (C=O) groups is 1. The van der Waals surface area contributed by atoms with E-state index in [2.05, 4.69) is 15.1 Å². The Morgan fingerprint density at radius 1 is 1.45 bits per heavy atom. The Balaban J connectivity index is 1.65. The molecule has 2 aliphatic rings. The second kappa shape index (κ2) is 5.93. The van der Waals surface area contributed by atoms with Crippen LogP contribution in [0.1, 0.15) is 37.4 Å². The summed E-state index contributed by atoms with van der Waals surface area (Å²) in [6, 6.07) is 2.13. The van der Waals surface area contributed by atoms with Crippen molar-refractivity contribution >= 4 is 5.97 Å². The Hall–Kier alpha value is -1.40. The molecule has 1 atom stereocenters. The zero-order chi connectivity index (χ0) is 13.9. The smallest absolute Gasteiger partial charge is 0.322 e. The van der Waals surface area contributed by atoms with Gasteiger partial charge in [-0.15, -0.1) is 0 Å². The molecule has 1 aliphatic heterocycles. The lowest BCUT2D eigenvalue weighted by Crippen LogP contribution is -2.54. The number of aliphatic carboxylic acids is 1. The van der Waals surface area contributed by atoms with Crippen LogP contribution in [0.2, 0.25) is 0 Å². The third kappa shape index (κ3) is 2.86. The topological polar surface area (TPSA) is 70.4 Å². The summed E-state index contributed by atoms with van der Waals surface area (Å²) in [7, 11) is 0. The molecule has 1 unspecified atom stereocenters. The summed E-state index contributed by atoms with van der Waals surface area (Å²) in [5, 5.41) is 17.0. The van der Waals surface area contributed by atoms with Gasteiger partial charge in [0, 0.05) is 32.4 Å². The van der Waals surface area contributed by atoms with E-state index in [1.807, 2.05) is 17.2 Å². The molecule has 6 heteroatoms. The highest BCUT2D eigenvalue weighted by molar-refractivity contribution is 5.73. The lowest BCUT2D eigenvalue weighted by molar-refractivity contribution is -0.144. The van der Waals surface area contributed by atoms with Gasteiger partial charge in [-0.05, 0) is 18.9 Å². The fraction of sp³-hybridized carbons (Fsp3) is 0.714. The molecule has 0 amide bonds. The number of nitrogens with one attached hydrogen (secondary N) is 1. The molecule has 2 heterocycles. The van der Waals surface area contributed by atoms with Crippen LogP contribution in [0.15, 0.2) is 12.3 Å². The Morgan fingerprint density at radius 2 is 2.25 bits per heavy atom. The average Bonchev–Trinajstić information content (AvgIpc) is 3.09. The lowest BCUT2D eigenvalue weighted by Gasteiger charge is -2.32. The van der Waals surface area contributed by atoms with Crippen LogP contribution in [0.5, 0.6) is 0 Å². The quantitative estimate of drug-likeness (QED) is 0.854. The van der Waals surface area contributed by atoms with E-state index in [1.165, 1.54) is 25.7 Å². The van der Waals surface area contributed by atoms with Crippen molar-refractivity contribution in [3.05, 3.63) is 18.0 Å². The first-order valence-corrected chi connectivity index (χ1v) is 7.45. The van der Waals surface area contributed by atoms with Crippen molar-refractivity contribution < 1.29 is 9.90 Å². The fourth-order valence-corrected chi connectivity index (χ4v) is 3.22. The first-order valence-electron chi connectivity index (χ1n) is 7.45. The molecule has 3 rings (SSSR count). The van der Waals surface area contributed by atoms with E-state index in [0.29, 0.717) is 19.1 Å². The maximum atomic E-state index is 11.3. The van der Waals surface area contributed by atoms with E-state index in [0.717, 1.165) is 18.8 Å². The molecule has 2 N–H and O–H groups in total. The summed E-state index contributed by atoms with van der Waals surface area (Å²) in [6.45, 7) is 2.73. The normalized spacial score (nSPS) is 25.1. The van der Waals surface area contributed by atoms with Crippen molar-refractivity contribution in [1.29, 1.82) is 0 Å². The van der Waals surface area contributed by atoms with Crippen molar-refractivity contribution in [2.24, 2.45) is 0 Å². The summed E-state index contributed by atoms with van der Waals surface area (Å²) >= 11 is 0. The van der Waals surface area contributed by atoms with Crippen LogP contribution >= 0.6 is 0 Å². The van der Waals surface area contributed by atoms with Gasteiger partial charge in [-0.3, -0.25) is 14.4 Å². The Bertz CT molecular complexity index is 467. The summed E-state index contributed by atoms with van der Waals surface area (Å²) in [4.78, 5) is 13.3.